The Kier molecular flexibility index (Phi) is 5.08. The van der Waals surface area contributed by atoms with Crippen LogP contribution in [0.2, 0.25) is 10.0 Å². The number of halogens is 2. The first-order valence-corrected chi connectivity index (χ1v) is 7.57. The molecule has 1 aromatic heterocycles. The molecule has 0 aliphatic carbocycles. The second-order valence-electron chi connectivity index (χ2n) is 4.62. The second-order valence-corrected chi connectivity index (χ2v) is 5.43. The van der Waals surface area contributed by atoms with Gasteiger partial charge in [0.05, 0.1) is 21.4 Å². The van der Waals surface area contributed by atoms with E-state index in [0.29, 0.717) is 10.0 Å². The van der Waals surface area contributed by atoms with Crippen LogP contribution in [0.4, 0.5) is 0 Å². The van der Waals surface area contributed by atoms with Crippen molar-refractivity contribution in [3.63, 3.8) is 0 Å². The Labute approximate surface area is 129 Å². The van der Waals surface area contributed by atoms with E-state index in [4.69, 9.17) is 28.3 Å². The molecule has 0 saturated heterocycles. The molecule has 2 rings (SSSR count). The standard InChI is InChI=1S/C15H19Cl2N3/c1-4-14-11(9-18-3)15(5-2)20(19-14)10-6-7-12(16)13(17)8-10/h6-8,18H,4-5,9H2,1-3H3. The van der Waals surface area contributed by atoms with Crippen LogP contribution in [-0.4, -0.2) is 16.8 Å². The lowest BCUT2D eigenvalue weighted by Crippen LogP contribution is -2.09. The second kappa shape index (κ2) is 6.61. The maximum absolute atomic E-state index is 6.12. The molecule has 0 atom stereocenters. The average Bonchev–Trinajstić information content (AvgIpc) is 2.80. The fourth-order valence-electron chi connectivity index (χ4n) is 2.39. The summed E-state index contributed by atoms with van der Waals surface area (Å²) in [6.07, 6.45) is 1.84. The molecular weight excluding hydrogens is 293 g/mol. The quantitative estimate of drug-likeness (QED) is 0.903. The summed E-state index contributed by atoms with van der Waals surface area (Å²) in [5.41, 5.74) is 4.58. The minimum atomic E-state index is 0.551. The summed E-state index contributed by atoms with van der Waals surface area (Å²) in [6.45, 7) is 5.09. The molecule has 0 unspecified atom stereocenters. The smallest absolute Gasteiger partial charge is 0.0674 e. The van der Waals surface area contributed by atoms with Crippen LogP contribution in [0.5, 0.6) is 0 Å². The van der Waals surface area contributed by atoms with Crippen molar-refractivity contribution in [2.75, 3.05) is 7.05 Å². The van der Waals surface area contributed by atoms with Gasteiger partial charge in [0, 0.05) is 17.8 Å². The van der Waals surface area contributed by atoms with Crippen LogP contribution in [0, 0.1) is 0 Å². The van der Waals surface area contributed by atoms with Gasteiger partial charge in [0.2, 0.25) is 0 Å². The highest BCUT2D eigenvalue weighted by molar-refractivity contribution is 6.42. The predicted molar refractivity (Wildman–Crippen MR) is 85.1 cm³/mol. The van der Waals surface area contributed by atoms with Gasteiger partial charge in [0.1, 0.15) is 0 Å². The Morgan fingerprint density at radius 3 is 2.45 bits per heavy atom. The summed E-state index contributed by atoms with van der Waals surface area (Å²) < 4.78 is 1.98. The van der Waals surface area contributed by atoms with Crippen molar-refractivity contribution in [2.24, 2.45) is 0 Å². The van der Waals surface area contributed by atoms with Gasteiger partial charge in [-0.2, -0.15) is 5.10 Å². The van der Waals surface area contributed by atoms with E-state index in [1.165, 1.54) is 11.3 Å². The highest BCUT2D eigenvalue weighted by Crippen LogP contribution is 2.26. The minimum absolute atomic E-state index is 0.551. The molecule has 1 heterocycles. The summed E-state index contributed by atoms with van der Waals surface area (Å²) >= 11 is 12.1. The first-order valence-electron chi connectivity index (χ1n) is 6.82. The molecule has 2 aromatic rings. The summed E-state index contributed by atoms with van der Waals surface area (Å²) in [5.74, 6) is 0. The molecular formula is C15H19Cl2N3. The third kappa shape index (κ3) is 2.85. The molecule has 0 bridgehead atoms. The molecule has 108 valence electrons. The topological polar surface area (TPSA) is 29.9 Å². The summed E-state index contributed by atoms with van der Waals surface area (Å²) in [4.78, 5) is 0. The van der Waals surface area contributed by atoms with Gasteiger partial charge in [-0.05, 0) is 38.1 Å². The van der Waals surface area contributed by atoms with Crippen LogP contribution in [0.25, 0.3) is 5.69 Å². The van der Waals surface area contributed by atoms with E-state index in [1.807, 2.05) is 29.9 Å². The van der Waals surface area contributed by atoms with Gasteiger partial charge in [-0.3, -0.25) is 0 Å². The van der Waals surface area contributed by atoms with Gasteiger partial charge >= 0.3 is 0 Å². The Balaban J connectivity index is 2.57. The largest absolute Gasteiger partial charge is 0.316 e. The SMILES string of the molecule is CCc1nn(-c2ccc(Cl)c(Cl)c2)c(CC)c1CNC. The number of aryl methyl sites for hydroxylation is 1. The van der Waals surface area contributed by atoms with Crippen LogP contribution in [-0.2, 0) is 19.4 Å². The molecule has 0 spiro atoms. The summed E-state index contributed by atoms with van der Waals surface area (Å²) in [6, 6.07) is 5.62. The van der Waals surface area contributed by atoms with Crippen LogP contribution in [0.1, 0.15) is 30.8 Å². The number of nitrogens with one attached hydrogen (secondary N) is 1. The number of hydrogen-bond donors (Lipinski definition) is 1. The molecule has 5 heteroatoms. The van der Waals surface area contributed by atoms with Crippen LogP contribution in [0.15, 0.2) is 18.2 Å². The predicted octanol–water partition coefficient (Wildman–Crippen LogP) is 4.02. The molecule has 1 N–H and O–H groups in total. The fraction of sp³-hybridized carbons (Fsp3) is 0.400. The Hall–Kier alpha value is -1.03. The van der Waals surface area contributed by atoms with Gasteiger partial charge < -0.3 is 5.32 Å². The Bertz CT molecular complexity index is 605. The normalized spacial score (nSPS) is 11.1. The number of benzene rings is 1. The van der Waals surface area contributed by atoms with E-state index < -0.39 is 0 Å². The first-order chi connectivity index (χ1) is 9.62. The van der Waals surface area contributed by atoms with Crippen molar-refractivity contribution < 1.29 is 0 Å². The van der Waals surface area contributed by atoms with E-state index in [2.05, 4.69) is 19.2 Å². The van der Waals surface area contributed by atoms with E-state index in [9.17, 15) is 0 Å². The van der Waals surface area contributed by atoms with Gasteiger partial charge in [-0.15, -0.1) is 0 Å². The van der Waals surface area contributed by atoms with Gasteiger partial charge in [0.15, 0.2) is 0 Å². The Morgan fingerprint density at radius 2 is 1.90 bits per heavy atom. The zero-order valence-electron chi connectivity index (χ0n) is 12.0. The van der Waals surface area contributed by atoms with E-state index in [-0.39, 0.29) is 0 Å². The molecule has 3 nitrogen and oxygen atoms in total. The molecule has 0 radical (unpaired) electrons. The highest BCUT2D eigenvalue weighted by Gasteiger charge is 2.16. The molecule has 0 fully saturated rings. The maximum Gasteiger partial charge on any atom is 0.0674 e. The minimum Gasteiger partial charge on any atom is -0.316 e. The summed E-state index contributed by atoms with van der Waals surface area (Å²) in [7, 11) is 1.95. The van der Waals surface area contributed by atoms with Crippen molar-refractivity contribution >= 4 is 23.2 Å². The van der Waals surface area contributed by atoms with Crippen molar-refractivity contribution in [3.8, 4) is 5.69 Å². The monoisotopic (exact) mass is 311 g/mol. The summed E-state index contributed by atoms with van der Waals surface area (Å²) in [5, 5.41) is 9.06. The lowest BCUT2D eigenvalue weighted by Gasteiger charge is -2.08. The van der Waals surface area contributed by atoms with E-state index in [1.54, 1.807) is 0 Å². The van der Waals surface area contributed by atoms with Crippen LogP contribution in [0.3, 0.4) is 0 Å². The van der Waals surface area contributed by atoms with Crippen molar-refractivity contribution in [1.82, 2.24) is 15.1 Å². The number of nitrogens with zero attached hydrogens (tertiary/aromatic N) is 2. The lowest BCUT2D eigenvalue weighted by atomic mass is 10.1. The number of hydrogen-bond acceptors (Lipinski definition) is 2. The maximum atomic E-state index is 6.12. The number of aromatic nitrogens is 2. The third-order valence-electron chi connectivity index (χ3n) is 3.34. The van der Waals surface area contributed by atoms with E-state index >= 15 is 0 Å². The molecule has 1 aromatic carbocycles. The van der Waals surface area contributed by atoms with Gasteiger partial charge in [0.25, 0.3) is 0 Å². The van der Waals surface area contributed by atoms with Gasteiger partial charge in [-0.1, -0.05) is 37.0 Å². The zero-order chi connectivity index (χ0) is 14.7. The van der Waals surface area contributed by atoms with E-state index in [0.717, 1.165) is 30.8 Å². The molecule has 0 aliphatic rings. The van der Waals surface area contributed by atoms with Crippen LogP contribution < -0.4 is 5.32 Å². The van der Waals surface area contributed by atoms with Gasteiger partial charge in [-0.25, -0.2) is 4.68 Å². The van der Waals surface area contributed by atoms with Crippen molar-refractivity contribution in [1.29, 1.82) is 0 Å². The molecule has 0 aliphatic heterocycles. The van der Waals surface area contributed by atoms with Crippen LogP contribution >= 0.6 is 23.2 Å². The molecule has 0 amide bonds. The third-order valence-corrected chi connectivity index (χ3v) is 4.08. The first kappa shape index (κ1) is 15.4. The highest BCUT2D eigenvalue weighted by atomic mass is 35.5. The van der Waals surface area contributed by atoms with Crippen molar-refractivity contribution in [2.45, 2.75) is 33.2 Å². The van der Waals surface area contributed by atoms with Crippen molar-refractivity contribution in [3.05, 3.63) is 45.2 Å². The average molecular weight is 312 g/mol. The fourth-order valence-corrected chi connectivity index (χ4v) is 2.69. The molecule has 20 heavy (non-hydrogen) atoms. The Morgan fingerprint density at radius 1 is 1.15 bits per heavy atom. The number of rotatable bonds is 5. The zero-order valence-corrected chi connectivity index (χ0v) is 13.5. The molecule has 0 saturated carbocycles. The lowest BCUT2D eigenvalue weighted by molar-refractivity contribution is 0.779.